The number of benzene rings is 2. The van der Waals surface area contributed by atoms with Gasteiger partial charge in [-0.1, -0.05) is 22.0 Å². The van der Waals surface area contributed by atoms with Crippen LogP contribution in [0.5, 0.6) is 0 Å². The number of halogens is 6. The van der Waals surface area contributed by atoms with E-state index in [1.807, 2.05) is 0 Å². The maximum absolute atomic E-state index is 13.6. The first-order valence-electron chi connectivity index (χ1n) is 5.61. The van der Waals surface area contributed by atoms with Gasteiger partial charge in [-0.2, -0.15) is 0 Å². The van der Waals surface area contributed by atoms with E-state index in [9.17, 15) is 22.0 Å². The summed E-state index contributed by atoms with van der Waals surface area (Å²) in [6.07, 6.45) is 0.0245. The second-order valence-electron chi connectivity index (χ2n) is 4.20. The highest BCUT2D eigenvalue weighted by Crippen LogP contribution is 2.32. The van der Waals surface area contributed by atoms with Crippen molar-refractivity contribution in [2.75, 3.05) is 0 Å². The van der Waals surface area contributed by atoms with Crippen LogP contribution in [0.2, 0.25) is 0 Å². The zero-order valence-electron chi connectivity index (χ0n) is 9.94. The normalized spacial score (nSPS) is 12.5. The van der Waals surface area contributed by atoms with Crippen LogP contribution in [-0.2, 0) is 6.42 Å². The molecular weight excluding hydrogens is 343 g/mol. The van der Waals surface area contributed by atoms with Crippen molar-refractivity contribution < 1.29 is 22.0 Å². The Kier molecular flexibility index (Phi) is 4.42. The van der Waals surface area contributed by atoms with Crippen LogP contribution in [0.4, 0.5) is 22.0 Å². The van der Waals surface area contributed by atoms with Gasteiger partial charge in [-0.15, -0.1) is 0 Å². The first-order chi connectivity index (χ1) is 9.38. The second kappa shape index (κ2) is 5.91. The molecule has 0 heterocycles. The van der Waals surface area contributed by atoms with Crippen molar-refractivity contribution in [2.24, 2.45) is 0 Å². The molecule has 0 aliphatic carbocycles. The van der Waals surface area contributed by atoms with Gasteiger partial charge in [-0.25, -0.2) is 22.0 Å². The van der Waals surface area contributed by atoms with Gasteiger partial charge in [0.25, 0.3) is 0 Å². The Hall–Kier alpha value is -1.43. The zero-order chi connectivity index (χ0) is 14.9. The molecule has 0 N–H and O–H groups in total. The fraction of sp³-hybridized carbons (Fsp3) is 0.143. The molecule has 2 rings (SSSR count). The van der Waals surface area contributed by atoms with Crippen molar-refractivity contribution in [3.63, 3.8) is 0 Å². The maximum atomic E-state index is 13.6. The minimum Gasteiger partial charge on any atom is -0.207 e. The lowest BCUT2D eigenvalue weighted by Crippen LogP contribution is -2.03. The standard InChI is InChI=1S/C14H8BrF5/c15-9(3-7-1-2-10(17)11(18)4-7)14-12(19)5-8(16)6-13(14)20/h1-2,4-6,9H,3H2. The van der Waals surface area contributed by atoms with Gasteiger partial charge in [0.15, 0.2) is 11.6 Å². The van der Waals surface area contributed by atoms with E-state index >= 15 is 0 Å². The summed E-state index contributed by atoms with van der Waals surface area (Å²) in [4.78, 5) is -0.826. The number of rotatable bonds is 3. The van der Waals surface area contributed by atoms with Crippen molar-refractivity contribution in [1.82, 2.24) is 0 Å². The van der Waals surface area contributed by atoms with Crippen molar-refractivity contribution in [3.05, 3.63) is 70.5 Å². The van der Waals surface area contributed by atoms with Crippen molar-refractivity contribution in [2.45, 2.75) is 11.2 Å². The predicted molar refractivity (Wildman–Crippen MR) is 68.0 cm³/mol. The van der Waals surface area contributed by atoms with Gasteiger partial charge in [-0.3, -0.25) is 0 Å². The van der Waals surface area contributed by atoms with Crippen LogP contribution in [-0.4, -0.2) is 0 Å². The molecule has 0 fully saturated rings. The van der Waals surface area contributed by atoms with Crippen LogP contribution in [0.25, 0.3) is 0 Å². The monoisotopic (exact) mass is 350 g/mol. The van der Waals surface area contributed by atoms with Crippen LogP contribution < -0.4 is 0 Å². The summed E-state index contributed by atoms with van der Waals surface area (Å²) in [7, 11) is 0. The highest BCUT2D eigenvalue weighted by atomic mass is 79.9. The van der Waals surface area contributed by atoms with E-state index in [0.29, 0.717) is 17.7 Å². The van der Waals surface area contributed by atoms with Gasteiger partial charge in [0.05, 0.1) is 0 Å². The van der Waals surface area contributed by atoms with Crippen LogP contribution in [0, 0.1) is 29.1 Å². The molecule has 0 spiro atoms. The van der Waals surface area contributed by atoms with Crippen molar-refractivity contribution >= 4 is 15.9 Å². The van der Waals surface area contributed by atoms with E-state index in [4.69, 9.17) is 0 Å². The molecule has 6 heteroatoms. The first kappa shape index (κ1) is 15.0. The first-order valence-corrected chi connectivity index (χ1v) is 6.52. The molecule has 1 atom stereocenters. The molecule has 106 valence electrons. The fourth-order valence-electron chi connectivity index (χ4n) is 1.83. The molecule has 2 aromatic rings. The Balaban J connectivity index is 2.28. The summed E-state index contributed by atoms with van der Waals surface area (Å²) >= 11 is 3.07. The molecule has 1 unspecified atom stereocenters. The topological polar surface area (TPSA) is 0 Å². The minimum atomic E-state index is -1.04. The summed E-state index contributed by atoms with van der Waals surface area (Å²) in [6.45, 7) is 0. The summed E-state index contributed by atoms with van der Waals surface area (Å²) in [5.74, 6) is -5.13. The molecule has 20 heavy (non-hydrogen) atoms. The largest absolute Gasteiger partial charge is 0.207 e. The van der Waals surface area contributed by atoms with Crippen LogP contribution >= 0.6 is 15.9 Å². The fourth-order valence-corrected chi connectivity index (χ4v) is 2.64. The quantitative estimate of drug-likeness (QED) is 0.536. The third kappa shape index (κ3) is 3.17. The molecule has 0 nitrogen and oxygen atoms in total. The van der Waals surface area contributed by atoms with E-state index in [0.717, 1.165) is 12.1 Å². The minimum absolute atomic E-state index is 0.0245. The molecule has 0 amide bonds. The predicted octanol–water partition coefficient (Wildman–Crippen LogP) is 5.06. The van der Waals surface area contributed by atoms with Gasteiger partial charge in [0.1, 0.15) is 17.5 Å². The smallest absolute Gasteiger partial charge is 0.159 e. The Morgan fingerprint density at radius 3 is 1.95 bits per heavy atom. The molecular formula is C14H8BrF5. The van der Waals surface area contributed by atoms with Crippen LogP contribution in [0.1, 0.15) is 16.0 Å². The Morgan fingerprint density at radius 1 is 0.800 bits per heavy atom. The summed E-state index contributed by atoms with van der Waals surface area (Å²) in [5.41, 5.74) is 0.00466. The van der Waals surface area contributed by atoms with Crippen molar-refractivity contribution in [1.29, 1.82) is 0 Å². The van der Waals surface area contributed by atoms with E-state index < -0.39 is 33.9 Å². The highest BCUT2D eigenvalue weighted by molar-refractivity contribution is 9.09. The van der Waals surface area contributed by atoms with Gasteiger partial charge in [0.2, 0.25) is 0 Å². The average Bonchev–Trinajstić information content (AvgIpc) is 2.32. The van der Waals surface area contributed by atoms with Crippen LogP contribution in [0.15, 0.2) is 30.3 Å². The summed E-state index contributed by atoms with van der Waals surface area (Å²) in [6, 6.07) is 4.33. The lowest BCUT2D eigenvalue weighted by atomic mass is 10.0. The zero-order valence-corrected chi connectivity index (χ0v) is 11.5. The SMILES string of the molecule is Fc1cc(F)c(C(Br)Cc2ccc(F)c(F)c2)c(F)c1. The number of hydrogen-bond acceptors (Lipinski definition) is 0. The third-order valence-corrected chi connectivity index (χ3v) is 3.54. The van der Waals surface area contributed by atoms with Gasteiger partial charge in [-0.05, 0) is 24.1 Å². The van der Waals surface area contributed by atoms with Crippen molar-refractivity contribution in [3.8, 4) is 0 Å². The highest BCUT2D eigenvalue weighted by Gasteiger charge is 2.20. The van der Waals surface area contributed by atoms with Gasteiger partial charge in [0, 0.05) is 22.5 Å². The number of hydrogen-bond donors (Lipinski definition) is 0. The van der Waals surface area contributed by atoms with E-state index in [1.54, 1.807) is 0 Å². The van der Waals surface area contributed by atoms with E-state index in [-0.39, 0.29) is 12.0 Å². The Labute approximate surface area is 120 Å². The van der Waals surface area contributed by atoms with Crippen LogP contribution in [0.3, 0.4) is 0 Å². The summed E-state index contributed by atoms with van der Waals surface area (Å²) in [5, 5.41) is 0. The van der Waals surface area contributed by atoms with E-state index in [2.05, 4.69) is 15.9 Å². The molecule has 0 bridgehead atoms. The lowest BCUT2D eigenvalue weighted by Gasteiger charge is -2.13. The lowest BCUT2D eigenvalue weighted by molar-refractivity contribution is 0.506. The van der Waals surface area contributed by atoms with Gasteiger partial charge < -0.3 is 0 Å². The molecule has 0 aliphatic rings. The molecule has 0 aliphatic heterocycles. The molecule has 0 saturated carbocycles. The molecule has 0 aromatic heterocycles. The molecule has 0 saturated heterocycles. The average molecular weight is 351 g/mol. The third-order valence-electron chi connectivity index (χ3n) is 2.76. The maximum Gasteiger partial charge on any atom is 0.159 e. The van der Waals surface area contributed by atoms with E-state index in [1.165, 1.54) is 6.07 Å². The molecule has 0 radical (unpaired) electrons. The number of alkyl halides is 1. The molecule has 2 aromatic carbocycles. The Bertz CT molecular complexity index is 618. The Morgan fingerprint density at radius 2 is 1.40 bits per heavy atom. The van der Waals surface area contributed by atoms with Gasteiger partial charge >= 0.3 is 0 Å². The summed E-state index contributed by atoms with van der Waals surface area (Å²) < 4.78 is 65.8. The second-order valence-corrected chi connectivity index (χ2v) is 5.31.